The molecule has 66 valence electrons. The average molecular weight is 166 g/mol. The van der Waals surface area contributed by atoms with Gasteiger partial charge in [-0.1, -0.05) is 0 Å². The van der Waals surface area contributed by atoms with Gasteiger partial charge in [0.2, 0.25) is 0 Å². The summed E-state index contributed by atoms with van der Waals surface area (Å²) in [5, 5.41) is 0. The molecule has 0 saturated carbocycles. The molecule has 1 aromatic heterocycles. The van der Waals surface area contributed by atoms with Crippen LogP contribution in [-0.4, -0.2) is 17.1 Å². The molecule has 0 aromatic carbocycles. The zero-order chi connectivity index (χ0) is 8.55. The van der Waals surface area contributed by atoms with Crippen molar-refractivity contribution in [3.05, 3.63) is 24.0 Å². The van der Waals surface area contributed by atoms with Gasteiger partial charge in [0.15, 0.2) is 0 Å². The van der Waals surface area contributed by atoms with Gasteiger partial charge in [-0.25, -0.2) is 5.43 Å². The molecule has 0 spiro atoms. The number of hydrogen-bond donors (Lipinski definition) is 4. The first-order chi connectivity index (χ1) is 5.79. The van der Waals surface area contributed by atoms with Crippen LogP contribution >= 0.6 is 0 Å². The molecule has 1 fully saturated rings. The summed E-state index contributed by atoms with van der Waals surface area (Å²) in [5.74, 6) is 0. The Balaban J connectivity index is 2.16. The maximum atomic E-state index is 5.97. The molecular weight excluding hydrogens is 152 g/mol. The number of H-pyrrole nitrogens is 1. The number of rotatable bonds is 1. The maximum Gasteiger partial charge on any atom is 0.0778 e. The summed E-state index contributed by atoms with van der Waals surface area (Å²) < 4.78 is 0. The highest BCUT2D eigenvalue weighted by atomic mass is 15.4. The fraction of sp³-hybridized carbons (Fsp3) is 0.500. The van der Waals surface area contributed by atoms with Crippen LogP contribution < -0.4 is 16.6 Å². The van der Waals surface area contributed by atoms with Crippen molar-refractivity contribution in [3.63, 3.8) is 0 Å². The Bertz CT molecular complexity index is 244. The third-order valence-corrected chi connectivity index (χ3v) is 2.39. The van der Waals surface area contributed by atoms with Crippen LogP contribution in [0.5, 0.6) is 0 Å². The smallest absolute Gasteiger partial charge is 0.0778 e. The zero-order valence-electron chi connectivity index (χ0n) is 7.04. The van der Waals surface area contributed by atoms with Crippen molar-refractivity contribution < 1.29 is 0 Å². The Labute approximate surface area is 71.5 Å². The van der Waals surface area contributed by atoms with E-state index in [9.17, 15) is 0 Å². The van der Waals surface area contributed by atoms with Gasteiger partial charge in [0.05, 0.1) is 6.04 Å². The largest absolute Gasteiger partial charge is 0.364 e. The van der Waals surface area contributed by atoms with E-state index in [1.165, 1.54) is 0 Å². The van der Waals surface area contributed by atoms with Crippen molar-refractivity contribution in [2.45, 2.75) is 25.0 Å². The summed E-state index contributed by atoms with van der Waals surface area (Å²) in [7, 11) is 0. The summed E-state index contributed by atoms with van der Waals surface area (Å²) in [6.45, 7) is 2.07. The third-order valence-electron chi connectivity index (χ3n) is 2.39. The summed E-state index contributed by atoms with van der Waals surface area (Å²) in [6.07, 6.45) is 1.91. The zero-order valence-corrected chi connectivity index (χ0v) is 7.04. The summed E-state index contributed by atoms with van der Waals surface area (Å²) >= 11 is 0. The van der Waals surface area contributed by atoms with Gasteiger partial charge < -0.3 is 10.7 Å². The summed E-state index contributed by atoms with van der Waals surface area (Å²) in [5.41, 5.74) is 13.4. The minimum absolute atomic E-state index is 0.128. The van der Waals surface area contributed by atoms with E-state index in [-0.39, 0.29) is 12.1 Å². The van der Waals surface area contributed by atoms with Crippen molar-refractivity contribution in [1.29, 1.82) is 0 Å². The lowest BCUT2D eigenvalue weighted by Crippen LogP contribution is -2.35. The van der Waals surface area contributed by atoms with Gasteiger partial charge in [-0.3, -0.25) is 5.43 Å². The maximum absolute atomic E-state index is 5.97. The fourth-order valence-electron chi connectivity index (χ4n) is 1.53. The van der Waals surface area contributed by atoms with Crippen LogP contribution in [0.4, 0.5) is 0 Å². The highest BCUT2D eigenvalue weighted by molar-refractivity contribution is 5.14. The minimum Gasteiger partial charge on any atom is -0.364 e. The Kier molecular flexibility index (Phi) is 1.88. The average Bonchev–Trinajstić information content (AvgIpc) is 2.64. The number of aromatic amines is 1. The second kappa shape index (κ2) is 2.90. The molecule has 1 aliphatic rings. The van der Waals surface area contributed by atoms with Crippen molar-refractivity contribution >= 4 is 0 Å². The fourth-order valence-corrected chi connectivity index (χ4v) is 1.53. The first-order valence-corrected chi connectivity index (χ1v) is 4.19. The monoisotopic (exact) mass is 166 g/mol. The summed E-state index contributed by atoms with van der Waals surface area (Å²) in [6, 6.07) is 4.67. The van der Waals surface area contributed by atoms with Gasteiger partial charge in [0, 0.05) is 24.0 Å². The molecular formula is C8H14N4. The van der Waals surface area contributed by atoms with E-state index in [0.29, 0.717) is 6.04 Å². The number of nitrogens with two attached hydrogens (primary N) is 1. The highest BCUT2D eigenvalue weighted by Crippen LogP contribution is 2.18. The van der Waals surface area contributed by atoms with E-state index in [1.807, 2.05) is 18.3 Å². The SMILES string of the molecule is CC1NNC(c2ccc[nH]2)C1N. The van der Waals surface area contributed by atoms with Gasteiger partial charge in [0.25, 0.3) is 0 Å². The topological polar surface area (TPSA) is 65.9 Å². The van der Waals surface area contributed by atoms with Crippen molar-refractivity contribution in [1.82, 2.24) is 15.8 Å². The lowest BCUT2D eigenvalue weighted by atomic mass is 10.0. The number of nitrogens with one attached hydrogen (secondary N) is 3. The predicted octanol–water partition coefficient (Wildman–Crippen LogP) is -0.121. The normalized spacial score (nSPS) is 35.7. The molecule has 1 aromatic rings. The number of aromatic nitrogens is 1. The van der Waals surface area contributed by atoms with E-state index >= 15 is 0 Å². The molecule has 4 heteroatoms. The van der Waals surface area contributed by atoms with E-state index in [4.69, 9.17) is 5.73 Å². The molecule has 2 rings (SSSR count). The molecule has 2 heterocycles. The molecule has 0 aliphatic carbocycles. The van der Waals surface area contributed by atoms with E-state index in [1.54, 1.807) is 0 Å². The molecule has 0 radical (unpaired) electrons. The standard InChI is InChI=1S/C8H14N4/c1-5-7(9)8(12-11-5)6-3-2-4-10-6/h2-5,7-8,10-12H,9H2,1H3. The Morgan fingerprint density at radius 1 is 1.42 bits per heavy atom. The lowest BCUT2D eigenvalue weighted by molar-refractivity contribution is 0.539. The van der Waals surface area contributed by atoms with Gasteiger partial charge in [-0.2, -0.15) is 0 Å². The van der Waals surface area contributed by atoms with Crippen LogP contribution in [0.3, 0.4) is 0 Å². The van der Waals surface area contributed by atoms with Crippen molar-refractivity contribution in [2.75, 3.05) is 0 Å². The van der Waals surface area contributed by atoms with E-state index in [2.05, 4.69) is 22.8 Å². The third kappa shape index (κ3) is 1.14. The van der Waals surface area contributed by atoms with Crippen LogP contribution in [0.25, 0.3) is 0 Å². The van der Waals surface area contributed by atoms with Crippen LogP contribution in [-0.2, 0) is 0 Å². The van der Waals surface area contributed by atoms with Crippen molar-refractivity contribution in [2.24, 2.45) is 5.73 Å². The van der Waals surface area contributed by atoms with Crippen molar-refractivity contribution in [3.8, 4) is 0 Å². The summed E-state index contributed by atoms with van der Waals surface area (Å²) in [4.78, 5) is 3.15. The van der Waals surface area contributed by atoms with Crippen LogP contribution in [0.2, 0.25) is 0 Å². The van der Waals surface area contributed by atoms with Crippen LogP contribution in [0.1, 0.15) is 18.7 Å². The molecule has 1 aliphatic heterocycles. The molecule has 3 atom stereocenters. The minimum atomic E-state index is 0.128. The predicted molar refractivity (Wildman–Crippen MR) is 47.2 cm³/mol. The van der Waals surface area contributed by atoms with E-state index in [0.717, 1.165) is 5.69 Å². The molecule has 1 saturated heterocycles. The first-order valence-electron chi connectivity index (χ1n) is 4.19. The molecule has 0 bridgehead atoms. The molecule has 12 heavy (non-hydrogen) atoms. The number of hydrazine groups is 1. The second-order valence-electron chi connectivity index (χ2n) is 3.26. The van der Waals surface area contributed by atoms with Gasteiger partial charge >= 0.3 is 0 Å². The Morgan fingerprint density at radius 2 is 2.25 bits per heavy atom. The van der Waals surface area contributed by atoms with Gasteiger partial charge in [0.1, 0.15) is 0 Å². The lowest BCUT2D eigenvalue weighted by Gasteiger charge is -2.14. The second-order valence-corrected chi connectivity index (χ2v) is 3.26. The highest BCUT2D eigenvalue weighted by Gasteiger charge is 2.31. The van der Waals surface area contributed by atoms with Gasteiger partial charge in [-0.15, -0.1) is 0 Å². The van der Waals surface area contributed by atoms with E-state index < -0.39 is 0 Å². The Hall–Kier alpha value is -0.840. The first kappa shape index (κ1) is 7.79. The quantitative estimate of drug-likeness (QED) is 0.470. The van der Waals surface area contributed by atoms with Gasteiger partial charge in [-0.05, 0) is 19.1 Å². The van der Waals surface area contributed by atoms with Crippen LogP contribution in [0, 0.1) is 0 Å². The van der Waals surface area contributed by atoms with Crippen LogP contribution in [0.15, 0.2) is 18.3 Å². The molecule has 3 unspecified atom stereocenters. The Morgan fingerprint density at radius 3 is 2.75 bits per heavy atom. The molecule has 4 nitrogen and oxygen atoms in total. The molecule has 0 amide bonds. The number of hydrogen-bond acceptors (Lipinski definition) is 3. The molecule has 5 N–H and O–H groups in total.